The summed E-state index contributed by atoms with van der Waals surface area (Å²) in [4.78, 5) is 18.0. The number of aromatic nitrogens is 3. The van der Waals surface area contributed by atoms with E-state index in [1.54, 1.807) is 11.6 Å². The van der Waals surface area contributed by atoms with Gasteiger partial charge in [0, 0.05) is 6.54 Å². The molecule has 0 spiro atoms. The first-order valence-electron chi connectivity index (χ1n) is 11.8. The lowest BCUT2D eigenvalue weighted by molar-refractivity contribution is 0.0990. The maximum atomic E-state index is 11.3. The van der Waals surface area contributed by atoms with E-state index in [1.807, 2.05) is 12.1 Å². The molecule has 172 valence electrons. The maximum Gasteiger partial charge on any atom is 0.288 e. The Kier molecular flexibility index (Phi) is 6.23. The highest BCUT2D eigenvalue weighted by molar-refractivity contribution is 5.88. The van der Waals surface area contributed by atoms with Crippen LogP contribution in [-0.4, -0.2) is 38.7 Å². The quantitative estimate of drug-likeness (QED) is 0.448. The van der Waals surface area contributed by atoms with Crippen molar-refractivity contribution in [1.82, 2.24) is 19.7 Å². The molecule has 0 saturated carbocycles. The van der Waals surface area contributed by atoms with E-state index in [9.17, 15) is 4.79 Å². The van der Waals surface area contributed by atoms with Gasteiger partial charge in [-0.1, -0.05) is 60.7 Å². The Morgan fingerprint density at radius 2 is 1.35 bits per heavy atom. The SMILES string of the molecule is Cc1nc(C(N)=O)nn1-c1ccc(Cc2ccc(-c3ccc(CN4CCCC4)cc3)cc2)cc1. The Morgan fingerprint density at radius 1 is 0.824 bits per heavy atom. The molecule has 1 aliphatic heterocycles. The van der Waals surface area contributed by atoms with E-state index < -0.39 is 5.91 Å². The predicted octanol–water partition coefficient (Wildman–Crippen LogP) is 4.53. The van der Waals surface area contributed by atoms with E-state index in [-0.39, 0.29) is 5.82 Å². The van der Waals surface area contributed by atoms with Crippen LogP contribution in [0.4, 0.5) is 0 Å². The van der Waals surface area contributed by atoms with E-state index in [4.69, 9.17) is 5.73 Å². The van der Waals surface area contributed by atoms with Crippen LogP contribution in [0.15, 0.2) is 72.8 Å². The summed E-state index contributed by atoms with van der Waals surface area (Å²) in [5, 5.41) is 4.19. The Morgan fingerprint density at radius 3 is 1.88 bits per heavy atom. The summed E-state index contributed by atoms with van der Waals surface area (Å²) in [6.07, 6.45) is 3.50. The molecule has 6 nitrogen and oxygen atoms in total. The third kappa shape index (κ3) is 4.92. The van der Waals surface area contributed by atoms with E-state index >= 15 is 0 Å². The number of primary amides is 1. The van der Waals surface area contributed by atoms with Crippen LogP contribution in [0.2, 0.25) is 0 Å². The van der Waals surface area contributed by atoms with E-state index in [2.05, 4.69) is 75.6 Å². The van der Waals surface area contributed by atoms with Crippen molar-refractivity contribution in [2.75, 3.05) is 13.1 Å². The van der Waals surface area contributed by atoms with Crippen molar-refractivity contribution in [3.63, 3.8) is 0 Å². The second-order valence-corrected chi connectivity index (χ2v) is 8.98. The summed E-state index contributed by atoms with van der Waals surface area (Å²) in [5.74, 6) is 0.0315. The highest BCUT2D eigenvalue weighted by Crippen LogP contribution is 2.23. The molecule has 0 aliphatic carbocycles. The lowest BCUT2D eigenvalue weighted by atomic mass is 9.99. The van der Waals surface area contributed by atoms with E-state index in [0.29, 0.717) is 5.82 Å². The van der Waals surface area contributed by atoms with E-state index in [0.717, 1.165) is 18.7 Å². The van der Waals surface area contributed by atoms with Gasteiger partial charge in [0.1, 0.15) is 5.82 Å². The molecule has 1 aliphatic rings. The Balaban J connectivity index is 1.23. The van der Waals surface area contributed by atoms with Crippen molar-refractivity contribution in [3.8, 4) is 16.8 Å². The molecule has 6 heteroatoms. The molecular weight excluding hydrogens is 422 g/mol. The summed E-state index contributed by atoms with van der Waals surface area (Å²) in [7, 11) is 0. The normalized spacial score (nSPS) is 13.9. The number of aryl methyl sites for hydroxylation is 1. The van der Waals surface area contributed by atoms with Gasteiger partial charge in [-0.25, -0.2) is 9.67 Å². The number of hydrogen-bond acceptors (Lipinski definition) is 4. The number of hydrogen-bond donors (Lipinski definition) is 1. The molecule has 0 bridgehead atoms. The molecular formula is C28H29N5O. The first-order valence-corrected chi connectivity index (χ1v) is 11.8. The highest BCUT2D eigenvalue weighted by atomic mass is 16.1. The molecule has 0 atom stereocenters. The van der Waals surface area contributed by atoms with Gasteiger partial charge in [-0.05, 0) is 79.2 Å². The van der Waals surface area contributed by atoms with Crippen molar-refractivity contribution in [1.29, 1.82) is 0 Å². The third-order valence-electron chi connectivity index (χ3n) is 6.42. The molecule has 34 heavy (non-hydrogen) atoms. The molecule has 1 amide bonds. The van der Waals surface area contributed by atoms with Gasteiger partial charge in [0.05, 0.1) is 5.69 Å². The molecule has 2 N–H and O–H groups in total. The maximum absolute atomic E-state index is 11.3. The van der Waals surface area contributed by atoms with Crippen LogP contribution in [0.1, 0.15) is 46.0 Å². The Labute approximate surface area is 200 Å². The third-order valence-corrected chi connectivity index (χ3v) is 6.42. The van der Waals surface area contributed by atoms with Crippen LogP contribution in [0, 0.1) is 6.92 Å². The molecule has 1 aromatic heterocycles. The largest absolute Gasteiger partial charge is 0.363 e. The standard InChI is InChI=1S/C28H29N5O/c1-20-30-28(27(29)34)31-33(20)26-14-8-22(9-15-26)18-21-4-10-24(11-5-21)25-12-6-23(7-13-25)19-32-16-2-3-17-32/h4-15H,2-3,16-19H2,1H3,(H2,29,34). The van der Waals surface area contributed by atoms with Gasteiger partial charge in [-0.3, -0.25) is 9.69 Å². The van der Waals surface area contributed by atoms with Crippen molar-refractivity contribution in [2.45, 2.75) is 32.7 Å². The van der Waals surface area contributed by atoms with E-state index in [1.165, 1.54) is 53.7 Å². The summed E-state index contributed by atoms with van der Waals surface area (Å²) >= 11 is 0. The average molecular weight is 452 g/mol. The molecule has 2 heterocycles. The molecule has 5 rings (SSSR count). The summed E-state index contributed by atoms with van der Waals surface area (Å²) in [5.41, 5.74) is 12.5. The van der Waals surface area contributed by atoms with Gasteiger partial charge in [0.15, 0.2) is 0 Å². The molecule has 3 aromatic carbocycles. The number of nitrogens with two attached hydrogens (primary N) is 1. The number of carbonyl (C=O) groups is 1. The van der Waals surface area contributed by atoms with Gasteiger partial charge in [0.25, 0.3) is 5.91 Å². The second-order valence-electron chi connectivity index (χ2n) is 8.98. The zero-order valence-corrected chi connectivity index (χ0v) is 19.4. The lowest BCUT2D eigenvalue weighted by Gasteiger charge is -2.14. The predicted molar refractivity (Wildman–Crippen MR) is 134 cm³/mol. The fourth-order valence-corrected chi connectivity index (χ4v) is 4.55. The van der Waals surface area contributed by atoms with Crippen molar-refractivity contribution < 1.29 is 4.79 Å². The molecule has 1 fully saturated rings. The van der Waals surface area contributed by atoms with Crippen molar-refractivity contribution >= 4 is 5.91 Å². The zero-order valence-electron chi connectivity index (χ0n) is 19.4. The average Bonchev–Trinajstić information content (AvgIpc) is 3.50. The Bertz CT molecular complexity index is 1270. The van der Waals surface area contributed by atoms with Crippen molar-refractivity contribution in [3.05, 3.63) is 101 Å². The smallest absolute Gasteiger partial charge is 0.288 e. The van der Waals surface area contributed by atoms with Crippen molar-refractivity contribution in [2.24, 2.45) is 5.73 Å². The fourth-order valence-electron chi connectivity index (χ4n) is 4.55. The number of benzene rings is 3. The van der Waals surface area contributed by atoms with Crippen LogP contribution < -0.4 is 5.73 Å². The zero-order chi connectivity index (χ0) is 23.5. The van der Waals surface area contributed by atoms with Gasteiger partial charge < -0.3 is 5.73 Å². The van der Waals surface area contributed by atoms with Gasteiger partial charge in [-0.2, -0.15) is 0 Å². The first kappa shape index (κ1) is 22.0. The number of carbonyl (C=O) groups excluding carboxylic acids is 1. The van der Waals surface area contributed by atoms with Crippen LogP contribution in [0.25, 0.3) is 16.8 Å². The number of likely N-dealkylation sites (tertiary alicyclic amines) is 1. The number of amides is 1. The number of nitrogens with zero attached hydrogens (tertiary/aromatic N) is 4. The van der Waals surface area contributed by atoms with Crippen LogP contribution in [0.5, 0.6) is 0 Å². The Hall–Kier alpha value is -3.77. The minimum Gasteiger partial charge on any atom is -0.363 e. The van der Waals surface area contributed by atoms with Gasteiger partial charge in [0.2, 0.25) is 5.82 Å². The monoisotopic (exact) mass is 451 g/mol. The van der Waals surface area contributed by atoms with Crippen LogP contribution in [0.3, 0.4) is 0 Å². The van der Waals surface area contributed by atoms with Crippen LogP contribution >= 0.6 is 0 Å². The lowest BCUT2D eigenvalue weighted by Crippen LogP contribution is -2.18. The topological polar surface area (TPSA) is 77.0 Å². The molecule has 0 radical (unpaired) electrons. The minimum atomic E-state index is -0.625. The minimum absolute atomic E-state index is 0.0305. The van der Waals surface area contributed by atoms with Gasteiger partial charge in [-0.15, -0.1) is 5.10 Å². The summed E-state index contributed by atoms with van der Waals surface area (Å²) < 4.78 is 1.63. The van der Waals surface area contributed by atoms with Gasteiger partial charge >= 0.3 is 0 Å². The second kappa shape index (κ2) is 9.61. The molecule has 4 aromatic rings. The van der Waals surface area contributed by atoms with Crippen LogP contribution in [-0.2, 0) is 13.0 Å². The number of rotatable bonds is 7. The summed E-state index contributed by atoms with van der Waals surface area (Å²) in [6, 6.07) is 25.9. The summed E-state index contributed by atoms with van der Waals surface area (Å²) in [6.45, 7) is 5.31. The first-order chi connectivity index (χ1) is 16.5. The molecule has 0 unspecified atom stereocenters. The highest BCUT2D eigenvalue weighted by Gasteiger charge is 2.13. The fraction of sp³-hybridized carbons (Fsp3) is 0.250. The molecule has 1 saturated heterocycles.